The number of rotatable bonds is 5. The molecule has 126 valence electrons. The van der Waals surface area contributed by atoms with Gasteiger partial charge in [-0.3, -0.25) is 9.78 Å². The number of halogens is 1. The van der Waals surface area contributed by atoms with Crippen molar-refractivity contribution in [3.63, 3.8) is 0 Å². The number of nitrogens with one attached hydrogen (secondary N) is 1. The van der Waals surface area contributed by atoms with E-state index < -0.39 is 0 Å². The van der Waals surface area contributed by atoms with Gasteiger partial charge < -0.3 is 9.72 Å². The van der Waals surface area contributed by atoms with E-state index >= 15 is 0 Å². The Hall–Kier alpha value is -1.88. The molecule has 0 saturated heterocycles. The van der Waals surface area contributed by atoms with Crippen molar-refractivity contribution in [1.29, 1.82) is 0 Å². The van der Waals surface area contributed by atoms with Crippen molar-refractivity contribution >= 4 is 37.6 Å². The molecule has 0 saturated carbocycles. The average molecular weight is 389 g/mol. The third kappa shape index (κ3) is 3.31. The molecule has 0 spiro atoms. The minimum Gasteiger partial charge on any atom is -0.492 e. The number of ether oxygens (including phenoxy) is 1. The maximum atomic E-state index is 12.4. The highest BCUT2D eigenvalue weighted by atomic mass is 79.9. The van der Waals surface area contributed by atoms with Gasteiger partial charge in [0.2, 0.25) is 0 Å². The van der Waals surface area contributed by atoms with E-state index in [1.165, 1.54) is 0 Å². The van der Waals surface area contributed by atoms with Crippen LogP contribution in [0.15, 0.2) is 33.7 Å². The van der Waals surface area contributed by atoms with Crippen molar-refractivity contribution in [2.45, 2.75) is 33.6 Å². The Morgan fingerprint density at radius 2 is 2.08 bits per heavy atom. The van der Waals surface area contributed by atoms with E-state index in [1.54, 1.807) is 6.20 Å². The van der Waals surface area contributed by atoms with Crippen LogP contribution in [-0.4, -0.2) is 16.6 Å². The van der Waals surface area contributed by atoms with Gasteiger partial charge in [0.25, 0.3) is 5.56 Å². The van der Waals surface area contributed by atoms with Crippen molar-refractivity contribution in [1.82, 2.24) is 9.97 Å². The van der Waals surface area contributed by atoms with E-state index in [9.17, 15) is 4.79 Å². The van der Waals surface area contributed by atoms with Gasteiger partial charge in [0.15, 0.2) is 0 Å². The molecule has 0 aliphatic carbocycles. The Balaban J connectivity index is 2.02. The average Bonchev–Trinajstić information content (AvgIpc) is 2.52. The summed E-state index contributed by atoms with van der Waals surface area (Å²) >= 11 is 3.59. The fourth-order valence-corrected chi connectivity index (χ4v) is 3.38. The van der Waals surface area contributed by atoms with Gasteiger partial charge in [-0.2, -0.15) is 0 Å². The lowest BCUT2D eigenvalue weighted by molar-refractivity contribution is 0.296. The SMILES string of the molecule is Cc1nccc2c1c(=O)[nH]c1cc(OCCCC(C)C)c(Br)cc12. The summed E-state index contributed by atoms with van der Waals surface area (Å²) in [6, 6.07) is 5.78. The molecule has 1 aromatic carbocycles. The normalized spacial score (nSPS) is 11.5. The van der Waals surface area contributed by atoms with Crippen LogP contribution in [0.25, 0.3) is 21.7 Å². The molecule has 0 unspecified atom stereocenters. The van der Waals surface area contributed by atoms with E-state index in [0.717, 1.165) is 45.0 Å². The zero-order chi connectivity index (χ0) is 17.3. The van der Waals surface area contributed by atoms with Crippen molar-refractivity contribution in [3.8, 4) is 5.75 Å². The Kier molecular flexibility index (Phi) is 4.90. The van der Waals surface area contributed by atoms with Crippen LogP contribution < -0.4 is 10.3 Å². The van der Waals surface area contributed by atoms with Crippen molar-refractivity contribution in [2.75, 3.05) is 6.61 Å². The zero-order valence-corrected chi connectivity index (χ0v) is 15.7. The smallest absolute Gasteiger partial charge is 0.258 e. The number of hydrogen-bond acceptors (Lipinski definition) is 3. The van der Waals surface area contributed by atoms with Crippen LogP contribution in [0.5, 0.6) is 5.75 Å². The van der Waals surface area contributed by atoms with Gasteiger partial charge in [0.1, 0.15) is 5.75 Å². The van der Waals surface area contributed by atoms with Gasteiger partial charge in [-0.05, 0) is 59.1 Å². The molecular weight excluding hydrogens is 368 g/mol. The summed E-state index contributed by atoms with van der Waals surface area (Å²) in [5.41, 5.74) is 1.40. The number of pyridine rings is 2. The molecule has 0 fully saturated rings. The van der Waals surface area contributed by atoms with Crippen LogP contribution in [0.3, 0.4) is 0 Å². The summed E-state index contributed by atoms with van der Waals surface area (Å²) in [5.74, 6) is 1.43. The molecule has 3 aromatic rings. The van der Waals surface area contributed by atoms with Gasteiger partial charge in [-0.1, -0.05) is 13.8 Å². The topological polar surface area (TPSA) is 55.0 Å². The number of aromatic amines is 1. The van der Waals surface area contributed by atoms with Crippen LogP contribution in [0.2, 0.25) is 0 Å². The lowest BCUT2D eigenvalue weighted by Crippen LogP contribution is -2.09. The summed E-state index contributed by atoms with van der Waals surface area (Å²) in [4.78, 5) is 19.6. The summed E-state index contributed by atoms with van der Waals surface area (Å²) in [6.45, 7) is 6.94. The predicted molar refractivity (Wildman–Crippen MR) is 102 cm³/mol. The third-order valence-corrected chi connectivity index (χ3v) is 4.78. The van der Waals surface area contributed by atoms with Crippen LogP contribution in [0.1, 0.15) is 32.4 Å². The van der Waals surface area contributed by atoms with Crippen LogP contribution in [-0.2, 0) is 0 Å². The Morgan fingerprint density at radius 3 is 2.83 bits per heavy atom. The fourth-order valence-electron chi connectivity index (χ4n) is 2.93. The van der Waals surface area contributed by atoms with Gasteiger partial charge in [-0.15, -0.1) is 0 Å². The summed E-state index contributed by atoms with van der Waals surface area (Å²) in [6.07, 6.45) is 3.89. The number of hydrogen-bond donors (Lipinski definition) is 1. The molecule has 1 N–H and O–H groups in total. The quantitative estimate of drug-likeness (QED) is 0.496. The van der Waals surface area contributed by atoms with Gasteiger partial charge in [0, 0.05) is 17.6 Å². The molecule has 0 atom stereocenters. The third-order valence-electron chi connectivity index (χ3n) is 4.16. The van der Waals surface area contributed by atoms with Gasteiger partial charge >= 0.3 is 0 Å². The van der Waals surface area contributed by atoms with Gasteiger partial charge in [0.05, 0.1) is 27.7 Å². The molecule has 24 heavy (non-hydrogen) atoms. The molecule has 2 aromatic heterocycles. The van der Waals surface area contributed by atoms with E-state index in [1.807, 2.05) is 25.1 Å². The molecule has 4 nitrogen and oxygen atoms in total. The highest BCUT2D eigenvalue weighted by molar-refractivity contribution is 9.10. The fraction of sp³-hybridized carbons (Fsp3) is 0.368. The second kappa shape index (κ2) is 6.93. The summed E-state index contributed by atoms with van der Waals surface area (Å²) in [7, 11) is 0. The molecule has 5 heteroatoms. The first-order valence-corrected chi connectivity index (χ1v) is 9.00. The maximum absolute atomic E-state index is 12.4. The van der Waals surface area contributed by atoms with Crippen LogP contribution in [0.4, 0.5) is 0 Å². The maximum Gasteiger partial charge on any atom is 0.258 e. The molecule has 0 radical (unpaired) electrons. The molecule has 0 amide bonds. The Labute approximate surface area is 149 Å². The Morgan fingerprint density at radius 1 is 1.29 bits per heavy atom. The number of benzene rings is 1. The van der Waals surface area contributed by atoms with E-state index in [2.05, 4.69) is 39.7 Å². The monoisotopic (exact) mass is 388 g/mol. The van der Waals surface area contributed by atoms with E-state index in [4.69, 9.17) is 4.74 Å². The van der Waals surface area contributed by atoms with E-state index in [0.29, 0.717) is 17.9 Å². The number of fused-ring (bicyclic) bond motifs is 3. The lowest BCUT2D eigenvalue weighted by Gasteiger charge is -2.12. The van der Waals surface area contributed by atoms with Crippen molar-refractivity contribution < 1.29 is 4.74 Å². The first kappa shape index (κ1) is 17.0. The minimum absolute atomic E-state index is 0.115. The van der Waals surface area contributed by atoms with Crippen molar-refractivity contribution in [2.24, 2.45) is 5.92 Å². The predicted octanol–water partition coefficient (Wildman–Crippen LogP) is 4.96. The van der Waals surface area contributed by atoms with Crippen LogP contribution >= 0.6 is 15.9 Å². The van der Waals surface area contributed by atoms with E-state index in [-0.39, 0.29) is 5.56 Å². The first-order valence-electron chi connectivity index (χ1n) is 8.21. The standard InChI is InChI=1S/C19H21BrN2O2/c1-11(2)5-4-8-24-17-10-16-14(9-15(17)20)13-6-7-21-12(3)18(13)19(23)22-16/h6-7,9-11H,4-5,8H2,1-3H3,(H,22,23). The van der Waals surface area contributed by atoms with Gasteiger partial charge in [-0.25, -0.2) is 0 Å². The zero-order valence-electron chi connectivity index (χ0n) is 14.1. The largest absolute Gasteiger partial charge is 0.492 e. The number of aryl methyl sites for hydroxylation is 1. The summed E-state index contributed by atoms with van der Waals surface area (Å²) < 4.78 is 6.78. The second-order valence-corrected chi connectivity index (χ2v) is 7.34. The second-order valence-electron chi connectivity index (χ2n) is 6.49. The first-order chi connectivity index (χ1) is 11.5. The highest BCUT2D eigenvalue weighted by Crippen LogP contribution is 2.32. The minimum atomic E-state index is -0.115. The lowest BCUT2D eigenvalue weighted by atomic mass is 10.1. The molecular formula is C19H21BrN2O2. The summed E-state index contributed by atoms with van der Waals surface area (Å²) in [5, 5.41) is 2.53. The number of aromatic nitrogens is 2. The number of nitrogens with zero attached hydrogens (tertiary/aromatic N) is 1. The molecule has 2 heterocycles. The molecule has 0 aliphatic rings. The van der Waals surface area contributed by atoms with Crippen LogP contribution in [0, 0.1) is 12.8 Å². The Bertz CT molecular complexity index is 947. The molecule has 0 bridgehead atoms. The highest BCUT2D eigenvalue weighted by Gasteiger charge is 2.11. The molecule has 0 aliphatic heterocycles. The number of H-pyrrole nitrogens is 1. The molecule has 3 rings (SSSR count). The van der Waals surface area contributed by atoms with Crippen molar-refractivity contribution in [3.05, 3.63) is 44.9 Å².